The Bertz CT molecular complexity index is 551. The molecule has 1 amide bonds. The molecule has 1 aliphatic rings. The van der Waals surface area contributed by atoms with Crippen LogP contribution in [0.15, 0.2) is 24.3 Å². The van der Waals surface area contributed by atoms with Crippen LogP contribution in [0.1, 0.15) is 37.7 Å². The van der Waals surface area contributed by atoms with Crippen LogP contribution in [0.4, 0.5) is 5.69 Å². The van der Waals surface area contributed by atoms with E-state index in [0.29, 0.717) is 12.3 Å². The predicted octanol–water partition coefficient (Wildman–Crippen LogP) is 2.67. The standard InChI is InChI=1S/C19H28N2O3/c1-15-5-3-7-17(13-15)21-11-9-16(10-12-21)6-4-8-19(23)24-14-18(22)20-2/h3,5,7,13,16H,4,6,8-12,14H2,1-2H3,(H,20,22). The lowest BCUT2D eigenvalue weighted by Gasteiger charge is -2.33. The van der Waals surface area contributed by atoms with E-state index in [2.05, 4.69) is 41.4 Å². The van der Waals surface area contributed by atoms with E-state index in [1.807, 2.05) is 0 Å². The molecule has 0 saturated carbocycles. The minimum Gasteiger partial charge on any atom is -0.456 e. The molecule has 1 aromatic carbocycles. The third kappa shape index (κ3) is 5.87. The zero-order valence-corrected chi connectivity index (χ0v) is 14.7. The Balaban J connectivity index is 1.63. The summed E-state index contributed by atoms with van der Waals surface area (Å²) in [6, 6.07) is 8.65. The smallest absolute Gasteiger partial charge is 0.306 e. The van der Waals surface area contributed by atoms with E-state index in [0.717, 1.165) is 25.9 Å². The topological polar surface area (TPSA) is 58.6 Å². The summed E-state index contributed by atoms with van der Waals surface area (Å²) in [5, 5.41) is 2.43. The molecule has 2 rings (SSSR count). The van der Waals surface area contributed by atoms with Crippen LogP contribution >= 0.6 is 0 Å². The molecule has 5 heteroatoms. The number of anilines is 1. The number of likely N-dealkylation sites (N-methyl/N-ethyl adjacent to an activating group) is 1. The number of esters is 1. The molecule has 1 N–H and O–H groups in total. The van der Waals surface area contributed by atoms with Gasteiger partial charge in [-0.15, -0.1) is 0 Å². The molecule has 0 spiro atoms. The van der Waals surface area contributed by atoms with Gasteiger partial charge in [0.2, 0.25) is 0 Å². The maximum atomic E-state index is 11.6. The van der Waals surface area contributed by atoms with Crippen LogP contribution in [-0.2, 0) is 14.3 Å². The maximum Gasteiger partial charge on any atom is 0.306 e. The van der Waals surface area contributed by atoms with Gasteiger partial charge in [0, 0.05) is 32.2 Å². The van der Waals surface area contributed by atoms with Gasteiger partial charge in [-0.1, -0.05) is 12.1 Å². The summed E-state index contributed by atoms with van der Waals surface area (Å²) in [6.07, 6.45) is 4.62. The first-order valence-corrected chi connectivity index (χ1v) is 8.76. The van der Waals surface area contributed by atoms with Crippen molar-refractivity contribution in [3.05, 3.63) is 29.8 Å². The fraction of sp³-hybridized carbons (Fsp3) is 0.579. The Labute approximate surface area is 144 Å². The molecule has 1 heterocycles. The van der Waals surface area contributed by atoms with Crippen molar-refractivity contribution in [2.24, 2.45) is 5.92 Å². The molecule has 0 radical (unpaired) electrons. The summed E-state index contributed by atoms with van der Waals surface area (Å²) in [6.45, 7) is 4.11. The van der Waals surface area contributed by atoms with E-state index < -0.39 is 0 Å². The number of rotatable bonds is 7. The number of hydrogen-bond donors (Lipinski definition) is 1. The van der Waals surface area contributed by atoms with Gasteiger partial charge < -0.3 is 15.0 Å². The molecule has 0 unspecified atom stereocenters. The van der Waals surface area contributed by atoms with Crippen molar-refractivity contribution in [2.75, 3.05) is 31.6 Å². The average molecular weight is 332 g/mol. The molecular weight excluding hydrogens is 304 g/mol. The third-order valence-corrected chi connectivity index (χ3v) is 4.62. The summed E-state index contributed by atoms with van der Waals surface area (Å²) in [5.74, 6) is 0.125. The molecule has 0 aliphatic carbocycles. The number of nitrogens with zero attached hydrogens (tertiary/aromatic N) is 1. The maximum absolute atomic E-state index is 11.6. The largest absolute Gasteiger partial charge is 0.456 e. The number of aryl methyl sites for hydroxylation is 1. The highest BCUT2D eigenvalue weighted by molar-refractivity contribution is 5.80. The highest BCUT2D eigenvalue weighted by Gasteiger charge is 2.19. The fourth-order valence-electron chi connectivity index (χ4n) is 3.13. The number of nitrogens with one attached hydrogen (secondary N) is 1. The Morgan fingerprint density at radius 1 is 1.29 bits per heavy atom. The van der Waals surface area contributed by atoms with Gasteiger partial charge in [-0.2, -0.15) is 0 Å². The SMILES string of the molecule is CNC(=O)COC(=O)CCCC1CCN(c2cccc(C)c2)CC1. The van der Waals surface area contributed by atoms with Crippen LogP contribution in [0.5, 0.6) is 0 Å². The highest BCUT2D eigenvalue weighted by atomic mass is 16.5. The number of benzene rings is 1. The molecule has 24 heavy (non-hydrogen) atoms. The van der Waals surface area contributed by atoms with Crippen molar-refractivity contribution in [3.63, 3.8) is 0 Å². The summed E-state index contributed by atoms with van der Waals surface area (Å²) < 4.78 is 4.91. The van der Waals surface area contributed by atoms with E-state index in [9.17, 15) is 9.59 Å². The first-order chi connectivity index (χ1) is 11.6. The summed E-state index contributed by atoms with van der Waals surface area (Å²) in [5.41, 5.74) is 2.61. The van der Waals surface area contributed by atoms with E-state index in [1.165, 1.54) is 31.1 Å². The minimum absolute atomic E-state index is 0.176. The van der Waals surface area contributed by atoms with Crippen molar-refractivity contribution in [1.82, 2.24) is 5.32 Å². The average Bonchev–Trinajstić information content (AvgIpc) is 2.60. The summed E-state index contributed by atoms with van der Waals surface area (Å²) >= 11 is 0. The lowest BCUT2D eigenvalue weighted by atomic mass is 9.91. The Kier molecular flexibility index (Phi) is 7.09. The van der Waals surface area contributed by atoms with Gasteiger partial charge in [-0.05, 0) is 56.2 Å². The monoisotopic (exact) mass is 332 g/mol. The van der Waals surface area contributed by atoms with E-state index in [-0.39, 0.29) is 18.5 Å². The predicted molar refractivity (Wildman–Crippen MR) is 95.0 cm³/mol. The second-order valence-corrected chi connectivity index (χ2v) is 6.50. The highest BCUT2D eigenvalue weighted by Crippen LogP contribution is 2.26. The van der Waals surface area contributed by atoms with Crippen LogP contribution in [0, 0.1) is 12.8 Å². The minimum atomic E-state index is -0.282. The molecule has 5 nitrogen and oxygen atoms in total. The zero-order chi connectivity index (χ0) is 17.4. The Morgan fingerprint density at radius 3 is 2.71 bits per heavy atom. The number of amides is 1. The van der Waals surface area contributed by atoms with Crippen molar-refractivity contribution in [2.45, 2.75) is 39.0 Å². The van der Waals surface area contributed by atoms with E-state index >= 15 is 0 Å². The lowest BCUT2D eigenvalue weighted by Crippen LogP contribution is -2.33. The lowest BCUT2D eigenvalue weighted by molar-refractivity contribution is -0.148. The number of carbonyl (C=O) groups excluding carboxylic acids is 2. The van der Waals surface area contributed by atoms with Gasteiger partial charge in [0.1, 0.15) is 0 Å². The second kappa shape index (κ2) is 9.30. The molecule has 1 fully saturated rings. The zero-order valence-electron chi connectivity index (χ0n) is 14.7. The third-order valence-electron chi connectivity index (χ3n) is 4.62. The van der Waals surface area contributed by atoms with Crippen molar-refractivity contribution in [3.8, 4) is 0 Å². The first kappa shape index (κ1) is 18.3. The summed E-state index contributed by atoms with van der Waals surface area (Å²) in [7, 11) is 1.53. The Hall–Kier alpha value is -2.04. The molecule has 1 aliphatic heterocycles. The molecule has 1 aromatic rings. The van der Waals surface area contributed by atoms with Gasteiger partial charge in [0.15, 0.2) is 6.61 Å². The van der Waals surface area contributed by atoms with Crippen LogP contribution in [0.2, 0.25) is 0 Å². The molecule has 1 saturated heterocycles. The van der Waals surface area contributed by atoms with Gasteiger partial charge in [0.05, 0.1) is 0 Å². The van der Waals surface area contributed by atoms with Crippen LogP contribution in [0.3, 0.4) is 0 Å². The van der Waals surface area contributed by atoms with Crippen molar-refractivity contribution in [1.29, 1.82) is 0 Å². The van der Waals surface area contributed by atoms with Crippen LogP contribution in [0.25, 0.3) is 0 Å². The first-order valence-electron chi connectivity index (χ1n) is 8.76. The van der Waals surface area contributed by atoms with Gasteiger partial charge in [0.25, 0.3) is 5.91 Å². The van der Waals surface area contributed by atoms with Crippen molar-refractivity contribution < 1.29 is 14.3 Å². The van der Waals surface area contributed by atoms with Crippen molar-refractivity contribution >= 4 is 17.6 Å². The molecule has 132 valence electrons. The molecule has 0 atom stereocenters. The van der Waals surface area contributed by atoms with E-state index in [4.69, 9.17) is 4.74 Å². The normalized spacial score (nSPS) is 15.2. The Morgan fingerprint density at radius 2 is 2.04 bits per heavy atom. The van der Waals surface area contributed by atoms with Crippen LogP contribution in [-0.4, -0.2) is 38.6 Å². The molecule has 0 aromatic heterocycles. The van der Waals surface area contributed by atoms with Crippen LogP contribution < -0.4 is 10.2 Å². The molecular formula is C19H28N2O3. The molecule has 0 bridgehead atoms. The number of hydrogen-bond acceptors (Lipinski definition) is 4. The fourth-order valence-corrected chi connectivity index (χ4v) is 3.13. The van der Waals surface area contributed by atoms with E-state index in [1.54, 1.807) is 0 Å². The number of carbonyl (C=O) groups is 2. The number of piperidine rings is 1. The quantitative estimate of drug-likeness (QED) is 0.780. The number of ether oxygens (including phenoxy) is 1. The second-order valence-electron chi connectivity index (χ2n) is 6.50. The summed E-state index contributed by atoms with van der Waals surface area (Å²) in [4.78, 5) is 25.0. The van der Waals surface area contributed by atoms with Gasteiger partial charge in [-0.25, -0.2) is 0 Å². The van der Waals surface area contributed by atoms with Gasteiger partial charge >= 0.3 is 5.97 Å². The van der Waals surface area contributed by atoms with Gasteiger partial charge in [-0.3, -0.25) is 9.59 Å².